The molecule has 0 aromatic heterocycles. The van der Waals surface area contributed by atoms with Crippen molar-refractivity contribution < 1.29 is 14.3 Å². The summed E-state index contributed by atoms with van der Waals surface area (Å²) < 4.78 is 11.1. The van der Waals surface area contributed by atoms with E-state index in [1.807, 2.05) is 19.6 Å². The van der Waals surface area contributed by atoms with Gasteiger partial charge in [0.25, 0.3) is 0 Å². The molecule has 0 amide bonds. The molecule has 2 nitrogen and oxygen atoms in total. The standard InChI is InChI=1S/C5H11FO2Si/c1-9(2,3)4-5(7)8-6/h4H2,1-3H3. The highest BCUT2D eigenvalue weighted by atomic mass is 28.3. The largest absolute Gasteiger partial charge is 0.346 e. The van der Waals surface area contributed by atoms with Crippen molar-refractivity contribution in [1.29, 1.82) is 0 Å². The van der Waals surface area contributed by atoms with E-state index in [0.29, 0.717) is 0 Å². The van der Waals surface area contributed by atoms with E-state index < -0.39 is 14.0 Å². The summed E-state index contributed by atoms with van der Waals surface area (Å²) in [6.45, 7) is 5.93. The second-order valence-corrected chi connectivity index (χ2v) is 8.66. The lowest BCUT2D eigenvalue weighted by Gasteiger charge is -2.10. The molecular formula is C5H11FO2Si. The molecule has 0 unspecified atom stereocenters. The molecule has 0 N–H and O–H groups in total. The zero-order valence-corrected chi connectivity index (χ0v) is 6.90. The molecule has 0 atom stereocenters. The summed E-state index contributed by atoms with van der Waals surface area (Å²) in [5.74, 6) is -0.742. The molecule has 0 saturated carbocycles. The topological polar surface area (TPSA) is 26.3 Å². The summed E-state index contributed by atoms with van der Waals surface area (Å²) >= 11 is 0. The normalized spacial score (nSPS) is 11.1. The lowest BCUT2D eigenvalue weighted by molar-refractivity contribution is -0.180. The van der Waals surface area contributed by atoms with Crippen molar-refractivity contribution in [2.75, 3.05) is 0 Å². The van der Waals surface area contributed by atoms with Crippen LogP contribution in [0.4, 0.5) is 4.53 Å². The summed E-state index contributed by atoms with van der Waals surface area (Å²) in [5.41, 5.74) is 0. The first kappa shape index (κ1) is 8.62. The zero-order chi connectivity index (χ0) is 7.49. The molecule has 0 aliphatic rings. The number of carbonyl (C=O) groups excluding carboxylic acids is 1. The summed E-state index contributed by atoms with van der Waals surface area (Å²) in [6.07, 6.45) is 0. The van der Waals surface area contributed by atoms with Crippen LogP contribution in [0.3, 0.4) is 0 Å². The van der Waals surface area contributed by atoms with Gasteiger partial charge >= 0.3 is 5.97 Å². The molecule has 0 saturated heterocycles. The Bertz CT molecular complexity index is 108. The molecule has 4 heteroatoms. The number of carbonyl (C=O) groups is 1. The minimum absolute atomic E-state index is 0.253. The van der Waals surface area contributed by atoms with E-state index >= 15 is 0 Å². The Balaban J connectivity index is 3.60. The minimum Gasteiger partial charge on any atom is -0.255 e. The number of hydrogen-bond donors (Lipinski definition) is 0. The number of hydrogen-bond acceptors (Lipinski definition) is 2. The summed E-state index contributed by atoms with van der Waals surface area (Å²) in [4.78, 5) is 13.3. The van der Waals surface area contributed by atoms with Crippen molar-refractivity contribution in [3.05, 3.63) is 0 Å². The average molecular weight is 150 g/mol. The van der Waals surface area contributed by atoms with E-state index in [1.54, 1.807) is 0 Å². The highest BCUT2D eigenvalue weighted by molar-refractivity contribution is 6.78. The van der Waals surface area contributed by atoms with E-state index in [2.05, 4.69) is 4.94 Å². The van der Waals surface area contributed by atoms with Gasteiger partial charge in [0, 0.05) is 10.6 Å². The van der Waals surface area contributed by atoms with Crippen LogP contribution in [0.15, 0.2) is 0 Å². The van der Waals surface area contributed by atoms with E-state index in [-0.39, 0.29) is 6.04 Å². The predicted octanol–water partition coefficient (Wildman–Crippen LogP) is 1.75. The van der Waals surface area contributed by atoms with Crippen LogP contribution in [0.1, 0.15) is 0 Å². The van der Waals surface area contributed by atoms with Gasteiger partial charge in [-0.15, -0.1) is 0 Å². The first-order chi connectivity index (χ1) is 3.95. The Hall–Kier alpha value is -0.383. The average Bonchev–Trinajstić information content (AvgIpc) is 1.62. The molecule has 0 aliphatic carbocycles. The molecule has 9 heavy (non-hydrogen) atoms. The lowest BCUT2D eigenvalue weighted by Crippen LogP contribution is -2.23. The molecule has 0 aliphatic heterocycles. The van der Waals surface area contributed by atoms with Gasteiger partial charge in [-0.3, -0.25) is 4.94 Å². The quantitative estimate of drug-likeness (QED) is 0.560. The minimum atomic E-state index is -1.46. The predicted molar refractivity (Wildman–Crippen MR) is 35.4 cm³/mol. The van der Waals surface area contributed by atoms with Crippen LogP contribution in [-0.2, 0) is 9.74 Å². The van der Waals surface area contributed by atoms with Gasteiger partial charge in [0.1, 0.15) is 0 Å². The molecule has 54 valence electrons. The third kappa shape index (κ3) is 5.49. The van der Waals surface area contributed by atoms with E-state index in [0.717, 1.165) is 0 Å². The fourth-order valence-electron chi connectivity index (χ4n) is 0.460. The fraction of sp³-hybridized carbons (Fsp3) is 0.800. The molecule has 0 fully saturated rings. The van der Waals surface area contributed by atoms with Crippen molar-refractivity contribution >= 4 is 14.0 Å². The molecule has 0 aromatic rings. The molecular weight excluding hydrogens is 139 g/mol. The second kappa shape index (κ2) is 2.96. The fourth-order valence-corrected chi connectivity index (χ4v) is 1.38. The van der Waals surface area contributed by atoms with Crippen LogP contribution in [0, 0.1) is 0 Å². The lowest BCUT2D eigenvalue weighted by atomic mass is 10.8. The Morgan fingerprint density at radius 3 is 2.11 bits per heavy atom. The maximum absolute atomic E-state index is 11.1. The first-order valence-electron chi connectivity index (χ1n) is 2.77. The maximum Gasteiger partial charge on any atom is 0.346 e. The zero-order valence-electron chi connectivity index (χ0n) is 5.90. The van der Waals surface area contributed by atoms with Gasteiger partial charge < -0.3 is 0 Å². The Morgan fingerprint density at radius 1 is 1.56 bits per heavy atom. The van der Waals surface area contributed by atoms with Crippen LogP contribution in [0.2, 0.25) is 25.7 Å². The molecule has 0 rings (SSSR count). The number of rotatable bonds is 2. The summed E-state index contributed by atoms with van der Waals surface area (Å²) in [5, 5.41) is 0. The monoisotopic (exact) mass is 150 g/mol. The van der Waals surface area contributed by atoms with Crippen molar-refractivity contribution in [2.24, 2.45) is 0 Å². The van der Waals surface area contributed by atoms with E-state index in [9.17, 15) is 9.32 Å². The second-order valence-electron chi connectivity index (χ2n) is 3.19. The van der Waals surface area contributed by atoms with Crippen LogP contribution in [0.5, 0.6) is 0 Å². The van der Waals surface area contributed by atoms with Gasteiger partial charge in [-0.1, -0.05) is 19.6 Å². The van der Waals surface area contributed by atoms with Gasteiger partial charge in [0.15, 0.2) is 0 Å². The molecule has 0 radical (unpaired) electrons. The third-order valence-electron chi connectivity index (χ3n) is 0.761. The van der Waals surface area contributed by atoms with E-state index in [4.69, 9.17) is 0 Å². The molecule has 0 heterocycles. The summed E-state index contributed by atoms with van der Waals surface area (Å²) in [7, 11) is -1.46. The van der Waals surface area contributed by atoms with Crippen molar-refractivity contribution in [2.45, 2.75) is 25.7 Å². The third-order valence-corrected chi connectivity index (χ3v) is 2.11. The van der Waals surface area contributed by atoms with Crippen molar-refractivity contribution in [3.63, 3.8) is 0 Å². The van der Waals surface area contributed by atoms with Crippen LogP contribution in [-0.4, -0.2) is 14.0 Å². The molecule has 0 aromatic carbocycles. The smallest absolute Gasteiger partial charge is 0.255 e. The molecule has 0 spiro atoms. The van der Waals surface area contributed by atoms with E-state index in [1.165, 1.54) is 0 Å². The van der Waals surface area contributed by atoms with Gasteiger partial charge in [-0.25, -0.2) is 4.79 Å². The number of halogens is 1. The van der Waals surface area contributed by atoms with Crippen molar-refractivity contribution in [3.8, 4) is 0 Å². The van der Waals surface area contributed by atoms with Gasteiger partial charge in [0.2, 0.25) is 0 Å². The highest BCUT2D eigenvalue weighted by Gasteiger charge is 2.19. The van der Waals surface area contributed by atoms with Crippen LogP contribution < -0.4 is 0 Å². The van der Waals surface area contributed by atoms with Crippen molar-refractivity contribution in [1.82, 2.24) is 0 Å². The van der Waals surface area contributed by atoms with Gasteiger partial charge in [0.05, 0.1) is 8.07 Å². The van der Waals surface area contributed by atoms with Crippen LogP contribution in [0.25, 0.3) is 0 Å². The first-order valence-corrected chi connectivity index (χ1v) is 6.48. The SMILES string of the molecule is C[Si](C)(C)CC(=O)OF. The molecule has 0 bridgehead atoms. The maximum atomic E-state index is 11.1. The Kier molecular flexibility index (Phi) is 2.83. The van der Waals surface area contributed by atoms with Gasteiger partial charge in [-0.2, -0.15) is 0 Å². The van der Waals surface area contributed by atoms with Gasteiger partial charge in [-0.05, 0) is 0 Å². The van der Waals surface area contributed by atoms with Crippen LogP contribution >= 0.6 is 0 Å². The Morgan fingerprint density at radius 2 is 2.00 bits per heavy atom. The Labute approximate surface area is 54.9 Å². The summed E-state index contributed by atoms with van der Waals surface area (Å²) in [6, 6.07) is 0.253. The highest BCUT2D eigenvalue weighted by Crippen LogP contribution is 2.08.